The van der Waals surface area contributed by atoms with Crippen LogP contribution in [0.25, 0.3) is 0 Å². The van der Waals surface area contributed by atoms with Crippen molar-refractivity contribution in [1.29, 1.82) is 0 Å². The Bertz CT molecular complexity index is 948. The number of nitro benzene ring substituents is 1. The molecule has 0 bridgehead atoms. The van der Waals surface area contributed by atoms with Gasteiger partial charge in [0.1, 0.15) is 11.5 Å². The van der Waals surface area contributed by atoms with Crippen LogP contribution in [-0.4, -0.2) is 23.4 Å². The van der Waals surface area contributed by atoms with Gasteiger partial charge in [-0.1, -0.05) is 24.3 Å². The van der Waals surface area contributed by atoms with E-state index in [4.69, 9.17) is 9.47 Å². The van der Waals surface area contributed by atoms with Crippen LogP contribution in [0.2, 0.25) is 0 Å². The van der Waals surface area contributed by atoms with Crippen LogP contribution in [0.1, 0.15) is 11.1 Å². The van der Waals surface area contributed by atoms with Gasteiger partial charge in [-0.3, -0.25) is 10.1 Å². The molecule has 30 heavy (non-hydrogen) atoms. The molecule has 8 heteroatoms. The number of ether oxygens (including phenoxy) is 2. The van der Waals surface area contributed by atoms with Gasteiger partial charge in [0.25, 0.3) is 0 Å². The highest BCUT2D eigenvalue weighted by atomic mass is 32.2. The van der Waals surface area contributed by atoms with E-state index in [-0.39, 0.29) is 0 Å². The van der Waals surface area contributed by atoms with E-state index < -0.39 is 16.4 Å². The number of benzene rings is 3. The Kier molecular flexibility index (Phi) is 7.26. The number of methoxy groups -OCH3 is 2. The Morgan fingerprint density at radius 2 is 1.40 bits per heavy atom. The molecule has 0 atom stereocenters. The van der Waals surface area contributed by atoms with Crippen molar-refractivity contribution < 1.29 is 18.8 Å². The molecule has 0 unspecified atom stereocenters. The molecule has 0 radical (unpaired) electrons. The Balaban J connectivity index is 1.81. The number of nitrogens with zero attached hydrogens (tertiary/aromatic N) is 2. The predicted molar refractivity (Wildman–Crippen MR) is 114 cm³/mol. The molecular formula is C22H21FN2O4S. The van der Waals surface area contributed by atoms with E-state index in [1.165, 1.54) is 24.1 Å². The molecule has 0 fully saturated rings. The van der Waals surface area contributed by atoms with Crippen LogP contribution in [0, 0.1) is 15.9 Å². The van der Waals surface area contributed by atoms with Crippen molar-refractivity contribution in [3.05, 3.63) is 93.8 Å². The Morgan fingerprint density at radius 1 is 0.900 bits per heavy atom. The third-order valence-corrected chi connectivity index (χ3v) is 5.37. The highest BCUT2D eigenvalue weighted by molar-refractivity contribution is 7.97. The molecule has 3 aromatic carbocycles. The maximum Gasteiger partial charge on any atom is 0.304 e. The first-order chi connectivity index (χ1) is 14.5. The van der Waals surface area contributed by atoms with Gasteiger partial charge in [0.15, 0.2) is 0 Å². The van der Waals surface area contributed by atoms with Gasteiger partial charge in [-0.2, -0.15) is 4.39 Å². The standard InChI is InChI=1S/C22H21FN2O4S/c1-28-18-7-3-16(4-8-18)14-24(15-17-5-9-19(29-2)10-6-17)30-20-11-12-22(25(26)27)21(23)13-20/h3-13H,14-15H2,1-2H3. The highest BCUT2D eigenvalue weighted by Gasteiger charge is 2.16. The Morgan fingerprint density at radius 3 is 1.80 bits per heavy atom. The van der Waals surface area contributed by atoms with Crippen molar-refractivity contribution in [3.8, 4) is 11.5 Å². The van der Waals surface area contributed by atoms with E-state index in [2.05, 4.69) is 4.31 Å². The van der Waals surface area contributed by atoms with E-state index in [0.29, 0.717) is 18.0 Å². The lowest BCUT2D eigenvalue weighted by Gasteiger charge is -2.22. The number of hydrogen-bond donors (Lipinski definition) is 0. The Hall–Kier alpha value is -3.10. The van der Waals surface area contributed by atoms with Crippen molar-refractivity contribution in [3.63, 3.8) is 0 Å². The normalized spacial score (nSPS) is 10.8. The molecule has 0 saturated carbocycles. The SMILES string of the molecule is COc1ccc(CN(Cc2ccc(OC)cc2)Sc2ccc([N+](=O)[O-])c(F)c2)cc1. The lowest BCUT2D eigenvalue weighted by molar-refractivity contribution is -0.387. The molecule has 0 heterocycles. The molecule has 0 aliphatic heterocycles. The van der Waals surface area contributed by atoms with Crippen LogP contribution < -0.4 is 9.47 Å². The minimum atomic E-state index is -0.848. The van der Waals surface area contributed by atoms with E-state index in [1.807, 2.05) is 48.5 Å². The van der Waals surface area contributed by atoms with Crippen LogP contribution in [-0.2, 0) is 13.1 Å². The van der Waals surface area contributed by atoms with Crippen molar-refractivity contribution >= 4 is 17.6 Å². The molecular weight excluding hydrogens is 407 g/mol. The van der Waals surface area contributed by atoms with Gasteiger partial charge in [0.2, 0.25) is 5.82 Å². The van der Waals surface area contributed by atoms with Crippen molar-refractivity contribution in [2.75, 3.05) is 14.2 Å². The second kappa shape index (κ2) is 10.1. The van der Waals surface area contributed by atoms with Gasteiger partial charge in [-0.15, -0.1) is 0 Å². The van der Waals surface area contributed by atoms with Crippen LogP contribution >= 0.6 is 11.9 Å². The molecule has 0 N–H and O–H groups in total. The van der Waals surface area contributed by atoms with Gasteiger partial charge in [0.05, 0.1) is 19.1 Å². The third-order valence-electron chi connectivity index (χ3n) is 4.39. The van der Waals surface area contributed by atoms with E-state index in [9.17, 15) is 14.5 Å². The fourth-order valence-corrected chi connectivity index (χ4v) is 3.84. The topological polar surface area (TPSA) is 64.8 Å². The molecule has 156 valence electrons. The summed E-state index contributed by atoms with van der Waals surface area (Å²) in [6.45, 7) is 1.17. The first-order valence-electron chi connectivity index (χ1n) is 9.11. The summed E-state index contributed by atoms with van der Waals surface area (Å²) in [5, 5.41) is 10.9. The zero-order valence-corrected chi connectivity index (χ0v) is 17.4. The largest absolute Gasteiger partial charge is 0.497 e. The zero-order valence-electron chi connectivity index (χ0n) is 16.6. The second-order valence-corrected chi connectivity index (χ2v) is 7.63. The molecule has 0 aliphatic carbocycles. The summed E-state index contributed by atoms with van der Waals surface area (Å²) in [7, 11) is 3.23. The maximum absolute atomic E-state index is 14.1. The molecule has 0 aromatic heterocycles. The summed E-state index contributed by atoms with van der Waals surface area (Å²) >= 11 is 1.34. The molecule has 0 amide bonds. The molecule has 3 rings (SSSR count). The van der Waals surface area contributed by atoms with Crippen molar-refractivity contribution in [2.45, 2.75) is 18.0 Å². The molecule has 3 aromatic rings. The number of hydrogen-bond acceptors (Lipinski definition) is 6. The average Bonchev–Trinajstić information content (AvgIpc) is 2.74. The van der Waals surface area contributed by atoms with Gasteiger partial charge in [0, 0.05) is 24.1 Å². The van der Waals surface area contributed by atoms with Gasteiger partial charge in [-0.05, 0) is 59.5 Å². The van der Waals surface area contributed by atoms with Gasteiger partial charge in [-0.25, -0.2) is 4.31 Å². The fraction of sp³-hybridized carbons (Fsp3) is 0.182. The average molecular weight is 428 g/mol. The molecule has 0 aliphatic rings. The number of rotatable bonds is 9. The van der Waals surface area contributed by atoms with Crippen LogP contribution in [0.15, 0.2) is 71.6 Å². The summed E-state index contributed by atoms with van der Waals surface area (Å²) < 4.78 is 26.5. The quantitative estimate of drug-likeness (QED) is 0.256. The second-order valence-electron chi connectivity index (χ2n) is 6.46. The molecule has 0 spiro atoms. The first kappa shape index (κ1) is 21.6. The summed E-state index contributed by atoms with van der Waals surface area (Å²) in [4.78, 5) is 10.7. The Labute approximate surface area is 178 Å². The fourth-order valence-electron chi connectivity index (χ4n) is 2.83. The number of halogens is 1. The predicted octanol–water partition coefficient (Wildman–Crippen LogP) is 5.46. The monoisotopic (exact) mass is 428 g/mol. The van der Waals surface area contributed by atoms with Gasteiger partial charge >= 0.3 is 5.69 Å². The first-order valence-corrected chi connectivity index (χ1v) is 9.88. The van der Waals surface area contributed by atoms with Crippen molar-refractivity contribution in [2.24, 2.45) is 0 Å². The van der Waals surface area contributed by atoms with Gasteiger partial charge < -0.3 is 9.47 Å². The summed E-state index contributed by atoms with van der Waals surface area (Å²) in [5.41, 5.74) is 1.58. The smallest absolute Gasteiger partial charge is 0.304 e. The molecule has 6 nitrogen and oxygen atoms in total. The zero-order chi connectivity index (χ0) is 21.5. The van der Waals surface area contributed by atoms with E-state index in [0.717, 1.165) is 22.6 Å². The summed E-state index contributed by atoms with van der Waals surface area (Å²) in [6, 6.07) is 19.4. The van der Waals surface area contributed by atoms with Crippen LogP contribution in [0.3, 0.4) is 0 Å². The maximum atomic E-state index is 14.1. The minimum Gasteiger partial charge on any atom is -0.497 e. The van der Waals surface area contributed by atoms with Crippen LogP contribution in [0.5, 0.6) is 11.5 Å². The van der Waals surface area contributed by atoms with Crippen LogP contribution in [0.4, 0.5) is 10.1 Å². The van der Waals surface area contributed by atoms with Crippen molar-refractivity contribution in [1.82, 2.24) is 4.31 Å². The summed E-state index contributed by atoms with van der Waals surface area (Å²) in [6.07, 6.45) is 0. The minimum absolute atomic E-state index is 0.531. The molecule has 0 saturated heterocycles. The van der Waals surface area contributed by atoms with E-state index in [1.54, 1.807) is 20.3 Å². The lowest BCUT2D eigenvalue weighted by atomic mass is 10.2. The summed E-state index contributed by atoms with van der Waals surface area (Å²) in [5.74, 6) is 0.690. The van der Waals surface area contributed by atoms with E-state index >= 15 is 0 Å². The number of nitro groups is 1. The highest BCUT2D eigenvalue weighted by Crippen LogP contribution is 2.30. The third kappa shape index (κ3) is 5.71. The lowest BCUT2D eigenvalue weighted by Crippen LogP contribution is -2.15.